The van der Waals surface area contributed by atoms with Crippen molar-refractivity contribution in [2.45, 2.75) is 13.3 Å². The highest BCUT2D eigenvalue weighted by atomic mass is 32.1. The number of carbonyl (C=O) groups is 1. The number of benzene rings is 2. The van der Waals surface area contributed by atoms with Crippen molar-refractivity contribution in [2.24, 2.45) is 0 Å². The summed E-state index contributed by atoms with van der Waals surface area (Å²) in [5.41, 5.74) is -0.116. The number of fused-ring (bicyclic) bond motifs is 2. The molecule has 4 rings (SSSR count). The van der Waals surface area contributed by atoms with E-state index < -0.39 is 29.5 Å². The van der Waals surface area contributed by atoms with Gasteiger partial charge >= 0.3 is 12.4 Å². The molecule has 0 radical (unpaired) electrons. The molecule has 0 fully saturated rings. The molecule has 14 heteroatoms. The van der Waals surface area contributed by atoms with Crippen molar-refractivity contribution in [1.82, 2.24) is 19.9 Å². The van der Waals surface area contributed by atoms with E-state index in [9.17, 15) is 27.2 Å². The van der Waals surface area contributed by atoms with Crippen LogP contribution < -0.4 is 20.9 Å². The van der Waals surface area contributed by atoms with Crippen molar-refractivity contribution in [3.05, 3.63) is 58.4 Å². The fourth-order valence-corrected chi connectivity index (χ4v) is 4.14. The summed E-state index contributed by atoms with van der Waals surface area (Å²) >= 11 is 6.05. The first kappa shape index (κ1) is 22.5. The first-order valence-corrected chi connectivity index (χ1v) is 10.2. The van der Waals surface area contributed by atoms with Crippen molar-refractivity contribution >= 4 is 60.9 Å². The fraction of sp³-hybridized carbons (Fsp3) is 0.105. The fourth-order valence-electron chi connectivity index (χ4n) is 2.95. The normalized spacial score (nSPS) is 11.5. The summed E-state index contributed by atoms with van der Waals surface area (Å²) in [5, 5.41) is 4.62. The second kappa shape index (κ2) is 8.37. The smallest absolute Gasteiger partial charge is 0.406 e. The summed E-state index contributed by atoms with van der Waals surface area (Å²) in [6.07, 6.45) is -4.84. The van der Waals surface area contributed by atoms with Gasteiger partial charge in [0.05, 0.1) is 21.1 Å². The van der Waals surface area contributed by atoms with Gasteiger partial charge in [0.2, 0.25) is 0 Å². The maximum Gasteiger partial charge on any atom is 0.573 e. The zero-order valence-corrected chi connectivity index (χ0v) is 18.0. The van der Waals surface area contributed by atoms with Gasteiger partial charge in [0.15, 0.2) is 10.2 Å². The number of hydrogen-bond donors (Lipinski definition) is 2. The second-order valence-corrected chi connectivity index (χ2v) is 7.96. The number of hydrogen-bond acceptors (Lipinski definition) is 7. The summed E-state index contributed by atoms with van der Waals surface area (Å²) in [6.45, 7) is 1.46. The molecule has 2 N–H and O–H groups in total. The van der Waals surface area contributed by atoms with E-state index in [2.05, 4.69) is 25.3 Å². The van der Waals surface area contributed by atoms with E-state index in [0.29, 0.717) is 10.2 Å². The molecule has 0 spiro atoms. The molecule has 0 bridgehead atoms. The number of anilines is 1. The molecular formula is C19H11F4N5O3S2. The third kappa shape index (κ3) is 4.90. The average Bonchev–Trinajstić information content (AvgIpc) is 3.07. The number of aryl methyl sites for hydroxylation is 1. The van der Waals surface area contributed by atoms with Crippen LogP contribution in [0.2, 0.25) is 0 Å². The lowest BCUT2D eigenvalue weighted by Gasteiger charge is -2.12. The number of thiazole rings is 1. The molecule has 0 aliphatic carbocycles. The standard InChI is InChI=1S/C19H11F4N5O3S2/c1-8-24-13-6-9(20)2-4-11(13)15(29)28(8)18(32)27-16(30)26-17-25-12-5-3-10(7-14(12)33-17)31-19(21,22)23/h2-7H,1H3,(H2,25,26,27,30,32). The summed E-state index contributed by atoms with van der Waals surface area (Å²) in [6, 6.07) is 6.19. The Morgan fingerprint density at radius 2 is 1.91 bits per heavy atom. The van der Waals surface area contributed by atoms with Gasteiger partial charge < -0.3 is 4.74 Å². The van der Waals surface area contributed by atoms with Gasteiger partial charge in [-0.2, -0.15) is 0 Å². The number of aromatic nitrogens is 3. The van der Waals surface area contributed by atoms with Crippen LogP contribution in [0.3, 0.4) is 0 Å². The number of alkyl halides is 3. The minimum atomic E-state index is -4.84. The van der Waals surface area contributed by atoms with Gasteiger partial charge in [0.25, 0.3) is 5.56 Å². The Kier molecular flexibility index (Phi) is 5.71. The second-order valence-electron chi connectivity index (χ2n) is 6.54. The molecule has 2 heterocycles. The Morgan fingerprint density at radius 1 is 1.15 bits per heavy atom. The minimum absolute atomic E-state index is 0.0747. The van der Waals surface area contributed by atoms with E-state index in [1.54, 1.807) is 0 Å². The van der Waals surface area contributed by atoms with Gasteiger partial charge in [-0.05, 0) is 43.4 Å². The van der Waals surface area contributed by atoms with Gasteiger partial charge in [0, 0.05) is 12.1 Å². The van der Waals surface area contributed by atoms with Crippen LogP contribution in [-0.2, 0) is 0 Å². The Hall–Kier alpha value is -3.65. The monoisotopic (exact) mass is 497 g/mol. The topological polar surface area (TPSA) is 98.1 Å². The number of urea groups is 1. The van der Waals surface area contributed by atoms with Crippen LogP contribution in [0.1, 0.15) is 5.82 Å². The Balaban J connectivity index is 1.52. The van der Waals surface area contributed by atoms with E-state index >= 15 is 0 Å². The molecule has 2 aromatic carbocycles. The summed E-state index contributed by atoms with van der Waals surface area (Å²) in [7, 11) is 0. The molecule has 170 valence electrons. The molecule has 0 aliphatic rings. The van der Waals surface area contributed by atoms with Crippen molar-refractivity contribution in [2.75, 3.05) is 5.32 Å². The average molecular weight is 497 g/mol. The van der Waals surface area contributed by atoms with E-state index in [0.717, 1.165) is 40.2 Å². The number of amides is 2. The highest BCUT2D eigenvalue weighted by Crippen LogP contribution is 2.31. The number of halogens is 4. The Morgan fingerprint density at radius 3 is 2.64 bits per heavy atom. The largest absolute Gasteiger partial charge is 0.573 e. The molecular weight excluding hydrogens is 486 g/mol. The molecule has 4 aromatic rings. The van der Waals surface area contributed by atoms with E-state index in [-0.39, 0.29) is 27.0 Å². The Bertz CT molecular complexity index is 1480. The van der Waals surface area contributed by atoms with Crippen LogP contribution in [0.15, 0.2) is 41.2 Å². The van der Waals surface area contributed by atoms with Crippen LogP contribution in [0.4, 0.5) is 27.5 Å². The van der Waals surface area contributed by atoms with Gasteiger partial charge in [-0.3, -0.25) is 15.4 Å². The van der Waals surface area contributed by atoms with Gasteiger partial charge in [-0.15, -0.1) is 13.2 Å². The molecule has 0 aliphatic heterocycles. The predicted octanol–water partition coefficient (Wildman–Crippen LogP) is 4.31. The van der Waals surface area contributed by atoms with Crippen molar-refractivity contribution < 1.29 is 27.1 Å². The molecule has 0 unspecified atom stereocenters. The van der Waals surface area contributed by atoms with Gasteiger partial charge in [-0.1, -0.05) is 11.3 Å². The first-order chi connectivity index (χ1) is 15.5. The quantitative estimate of drug-likeness (QED) is 0.317. The van der Waals surface area contributed by atoms with E-state index in [4.69, 9.17) is 12.2 Å². The van der Waals surface area contributed by atoms with Crippen molar-refractivity contribution in [3.63, 3.8) is 0 Å². The van der Waals surface area contributed by atoms with Crippen LogP contribution in [-0.4, -0.2) is 32.0 Å². The van der Waals surface area contributed by atoms with Crippen LogP contribution >= 0.6 is 23.6 Å². The number of rotatable bonds is 2. The SMILES string of the molecule is Cc1nc2cc(F)ccc2c(=O)n1C(=S)NC(=O)Nc1nc2ccc(OC(F)(F)F)cc2s1. The Labute approximate surface area is 190 Å². The maximum absolute atomic E-state index is 13.4. The van der Waals surface area contributed by atoms with Crippen LogP contribution in [0.5, 0.6) is 5.75 Å². The number of carbonyl (C=O) groups excluding carboxylic acids is 1. The molecule has 0 atom stereocenters. The van der Waals surface area contributed by atoms with Crippen molar-refractivity contribution in [1.29, 1.82) is 0 Å². The van der Waals surface area contributed by atoms with E-state index in [1.165, 1.54) is 19.1 Å². The number of nitrogens with zero attached hydrogens (tertiary/aromatic N) is 3. The zero-order valence-electron chi connectivity index (χ0n) is 16.4. The molecule has 2 amide bonds. The lowest BCUT2D eigenvalue weighted by atomic mass is 10.2. The summed E-state index contributed by atoms with van der Waals surface area (Å²) in [5.74, 6) is -0.852. The lowest BCUT2D eigenvalue weighted by Crippen LogP contribution is -2.42. The summed E-state index contributed by atoms with van der Waals surface area (Å²) < 4.78 is 55.7. The number of nitrogens with one attached hydrogen (secondary N) is 2. The highest BCUT2D eigenvalue weighted by Gasteiger charge is 2.31. The molecule has 0 saturated carbocycles. The number of ether oxygens (including phenoxy) is 1. The summed E-state index contributed by atoms with van der Waals surface area (Å²) in [4.78, 5) is 33.3. The number of thiocarbonyl (C=S) groups is 1. The molecule has 8 nitrogen and oxygen atoms in total. The van der Waals surface area contributed by atoms with Gasteiger partial charge in [-0.25, -0.2) is 23.7 Å². The molecule has 33 heavy (non-hydrogen) atoms. The first-order valence-electron chi connectivity index (χ1n) is 8.98. The van der Waals surface area contributed by atoms with Crippen LogP contribution in [0, 0.1) is 12.7 Å². The predicted molar refractivity (Wildman–Crippen MR) is 117 cm³/mol. The van der Waals surface area contributed by atoms with Gasteiger partial charge in [0.1, 0.15) is 17.4 Å². The molecule has 2 aromatic heterocycles. The third-order valence-corrected chi connectivity index (χ3v) is 5.45. The highest BCUT2D eigenvalue weighted by molar-refractivity contribution is 7.80. The maximum atomic E-state index is 13.4. The van der Waals surface area contributed by atoms with E-state index in [1.807, 2.05) is 0 Å². The molecule has 0 saturated heterocycles. The third-order valence-electron chi connectivity index (χ3n) is 4.24. The minimum Gasteiger partial charge on any atom is -0.406 e. The van der Waals surface area contributed by atoms with Crippen molar-refractivity contribution in [3.8, 4) is 5.75 Å². The van der Waals surface area contributed by atoms with Crippen LogP contribution in [0.25, 0.3) is 21.1 Å². The lowest BCUT2D eigenvalue weighted by molar-refractivity contribution is -0.274. The zero-order chi connectivity index (χ0) is 23.9.